The van der Waals surface area contributed by atoms with Crippen molar-refractivity contribution in [2.24, 2.45) is 0 Å². The van der Waals surface area contributed by atoms with Crippen LogP contribution in [0.25, 0.3) is 0 Å². The van der Waals surface area contributed by atoms with Gasteiger partial charge in [-0.25, -0.2) is 0 Å². The molecular weight excluding hydrogens is 396 g/mol. The summed E-state index contributed by atoms with van der Waals surface area (Å²) in [5.74, 6) is -1.88. The summed E-state index contributed by atoms with van der Waals surface area (Å²) >= 11 is 0. The van der Waals surface area contributed by atoms with Gasteiger partial charge < -0.3 is 28.8 Å². The first kappa shape index (κ1) is 23.8. The highest BCUT2D eigenvalue weighted by atomic mass is 16.7. The van der Waals surface area contributed by atoms with Gasteiger partial charge in [0.2, 0.25) is 0 Å². The molecule has 30 heavy (non-hydrogen) atoms. The van der Waals surface area contributed by atoms with E-state index in [1.54, 1.807) is 0 Å². The van der Waals surface area contributed by atoms with Gasteiger partial charge in [0.25, 0.3) is 0 Å². The number of carbonyl (C=O) groups is 3. The number of benzene rings is 1. The molecule has 0 saturated carbocycles. The van der Waals surface area contributed by atoms with E-state index in [-0.39, 0.29) is 13.2 Å². The molecule has 0 radical (unpaired) electrons. The molecule has 0 amide bonds. The SMILES string of the molecule is CC(=O)OC[C@H]1O[C@@H](OCCCc2ccccc2)[C@H](OC(C)=O)[C@@H](OC(C)=O)[C@@H]1O. The van der Waals surface area contributed by atoms with Crippen LogP contribution in [0.15, 0.2) is 30.3 Å². The number of aliphatic hydroxyl groups is 1. The van der Waals surface area contributed by atoms with E-state index in [4.69, 9.17) is 23.7 Å². The molecule has 9 nitrogen and oxygen atoms in total. The van der Waals surface area contributed by atoms with E-state index in [2.05, 4.69) is 0 Å². The Labute approximate surface area is 175 Å². The average molecular weight is 424 g/mol. The highest BCUT2D eigenvalue weighted by Gasteiger charge is 2.50. The van der Waals surface area contributed by atoms with Crippen molar-refractivity contribution in [2.45, 2.75) is 64.3 Å². The maximum atomic E-state index is 11.6. The molecule has 0 aromatic heterocycles. The van der Waals surface area contributed by atoms with E-state index in [0.29, 0.717) is 6.42 Å². The molecule has 1 aliphatic rings. The molecule has 2 rings (SSSR count). The minimum Gasteiger partial charge on any atom is -0.463 e. The van der Waals surface area contributed by atoms with Gasteiger partial charge in [-0.3, -0.25) is 14.4 Å². The van der Waals surface area contributed by atoms with Crippen molar-refractivity contribution in [1.29, 1.82) is 0 Å². The third-order valence-electron chi connectivity index (χ3n) is 4.41. The van der Waals surface area contributed by atoms with Crippen molar-refractivity contribution >= 4 is 17.9 Å². The number of rotatable bonds is 9. The van der Waals surface area contributed by atoms with Crippen LogP contribution in [0, 0.1) is 0 Å². The number of ether oxygens (including phenoxy) is 5. The first-order chi connectivity index (χ1) is 14.3. The summed E-state index contributed by atoms with van der Waals surface area (Å²) in [6, 6.07) is 9.83. The zero-order chi connectivity index (χ0) is 22.1. The summed E-state index contributed by atoms with van der Waals surface area (Å²) in [6.07, 6.45) is -4.51. The molecular formula is C21H28O9. The fourth-order valence-electron chi connectivity index (χ4n) is 3.13. The van der Waals surface area contributed by atoms with E-state index >= 15 is 0 Å². The Bertz CT molecular complexity index is 706. The molecule has 1 aromatic carbocycles. The molecule has 1 heterocycles. The van der Waals surface area contributed by atoms with Crippen LogP contribution in [0.2, 0.25) is 0 Å². The lowest BCUT2D eigenvalue weighted by molar-refractivity contribution is -0.306. The molecule has 0 spiro atoms. The van der Waals surface area contributed by atoms with E-state index in [1.807, 2.05) is 30.3 Å². The molecule has 1 N–H and O–H groups in total. The van der Waals surface area contributed by atoms with Crippen LogP contribution < -0.4 is 0 Å². The lowest BCUT2D eigenvalue weighted by Crippen LogP contribution is -2.61. The number of hydrogen-bond donors (Lipinski definition) is 1. The zero-order valence-corrected chi connectivity index (χ0v) is 17.3. The predicted octanol–water partition coefficient (Wildman–Crippen LogP) is 1.15. The lowest BCUT2D eigenvalue weighted by atomic mass is 9.98. The van der Waals surface area contributed by atoms with Crippen molar-refractivity contribution in [1.82, 2.24) is 0 Å². The second kappa shape index (κ2) is 11.6. The van der Waals surface area contributed by atoms with E-state index < -0.39 is 48.6 Å². The molecule has 0 aliphatic carbocycles. The van der Waals surface area contributed by atoms with Crippen molar-refractivity contribution in [3.63, 3.8) is 0 Å². The number of aliphatic hydroxyl groups excluding tert-OH is 1. The van der Waals surface area contributed by atoms with Crippen LogP contribution in [0.4, 0.5) is 0 Å². The Morgan fingerprint density at radius 1 is 0.967 bits per heavy atom. The fourth-order valence-corrected chi connectivity index (χ4v) is 3.13. The van der Waals surface area contributed by atoms with Crippen LogP contribution in [0.3, 0.4) is 0 Å². The predicted molar refractivity (Wildman–Crippen MR) is 103 cm³/mol. The molecule has 1 fully saturated rings. The Morgan fingerprint density at radius 2 is 1.60 bits per heavy atom. The molecule has 1 saturated heterocycles. The maximum Gasteiger partial charge on any atom is 0.303 e. The van der Waals surface area contributed by atoms with Crippen LogP contribution in [0.1, 0.15) is 32.8 Å². The minimum absolute atomic E-state index is 0.264. The van der Waals surface area contributed by atoms with Crippen LogP contribution in [-0.2, 0) is 44.5 Å². The van der Waals surface area contributed by atoms with Gasteiger partial charge in [0, 0.05) is 20.8 Å². The van der Waals surface area contributed by atoms with Gasteiger partial charge >= 0.3 is 17.9 Å². The van der Waals surface area contributed by atoms with E-state index in [9.17, 15) is 19.5 Å². The molecule has 9 heteroatoms. The summed E-state index contributed by atoms with van der Waals surface area (Å²) < 4.78 is 26.8. The third kappa shape index (κ3) is 7.40. The number of hydrogen-bond acceptors (Lipinski definition) is 9. The number of esters is 3. The minimum atomic E-state index is -1.39. The molecule has 0 unspecified atom stereocenters. The van der Waals surface area contributed by atoms with Crippen LogP contribution in [-0.4, -0.2) is 66.9 Å². The quantitative estimate of drug-likeness (QED) is 0.354. The highest BCUT2D eigenvalue weighted by molar-refractivity contribution is 5.67. The fraction of sp³-hybridized carbons (Fsp3) is 0.571. The van der Waals surface area contributed by atoms with Gasteiger partial charge in [-0.1, -0.05) is 30.3 Å². The lowest BCUT2D eigenvalue weighted by Gasteiger charge is -2.42. The Morgan fingerprint density at radius 3 is 2.20 bits per heavy atom. The number of aryl methyl sites for hydroxylation is 1. The normalized spacial score (nSPS) is 25.9. The standard InChI is InChI=1S/C21H28O9/c1-13(22)27-12-17-18(25)19(28-14(2)23)20(29-15(3)24)21(30-17)26-11-7-10-16-8-5-4-6-9-16/h4-6,8-9,17-21,25H,7,10-12H2,1-3H3/t17-,18-,19+,20-,21-/m1/s1. The number of carbonyl (C=O) groups excluding carboxylic acids is 3. The largest absolute Gasteiger partial charge is 0.463 e. The van der Waals surface area contributed by atoms with Gasteiger partial charge in [0.1, 0.15) is 18.8 Å². The van der Waals surface area contributed by atoms with Gasteiger partial charge in [-0.15, -0.1) is 0 Å². The van der Waals surface area contributed by atoms with Gasteiger partial charge in [0.05, 0.1) is 6.61 Å². The van der Waals surface area contributed by atoms with Crippen molar-refractivity contribution < 1.29 is 43.2 Å². The molecule has 1 aliphatic heterocycles. The molecule has 1 aromatic rings. The van der Waals surface area contributed by atoms with Crippen molar-refractivity contribution in [3.8, 4) is 0 Å². The van der Waals surface area contributed by atoms with E-state index in [0.717, 1.165) is 12.0 Å². The monoisotopic (exact) mass is 424 g/mol. The summed E-state index contributed by atoms with van der Waals surface area (Å²) in [7, 11) is 0. The van der Waals surface area contributed by atoms with Gasteiger partial charge in [-0.2, -0.15) is 0 Å². The average Bonchev–Trinajstić information content (AvgIpc) is 2.68. The van der Waals surface area contributed by atoms with E-state index in [1.165, 1.54) is 20.8 Å². The van der Waals surface area contributed by atoms with Crippen LogP contribution in [0.5, 0.6) is 0 Å². The molecule has 0 bridgehead atoms. The van der Waals surface area contributed by atoms with Crippen molar-refractivity contribution in [2.75, 3.05) is 13.2 Å². The highest BCUT2D eigenvalue weighted by Crippen LogP contribution is 2.28. The van der Waals surface area contributed by atoms with Crippen molar-refractivity contribution in [3.05, 3.63) is 35.9 Å². The molecule has 166 valence electrons. The summed E-state index contributed by atoms with van der Waals surface area (Å²) in [6.45, 7) is 3.57. The zero-order valence-electron chi connectivity index (χ0n) is 17.3. The Hall–Kier alpha value is -2.49. The second-order valence-electron chi connectivity index (χ2n) is 6.94. The smallest absolute Gasteiger partial charge is 0.303 e. The summed E-state index contributed by atoms with van der Waals surface area (Å²) in [5.41, 5.74) is 1.14. The first-order valence-electron chi connectivity index (χ1n) is 9.74. The Kier molecular flexibility index (Phi) is 9.22. The maximum absolute atomic E-state index is 11.6. The summed E-state index contributed by atoms with van der Waals surface area (Å²) in [4.78, 5) is 34.3. The van der Waals surface area contributed by atoms with Crippen LogP contribution >= 0.6 is 0 Å². The molecule has 5 atom stereocenters. The third-order valence-corrected chi connectivity index (χ3v) is 4.41. The van der Waals surface area contributed by atoms with Gasteiger partial charge in [-0.05, 0) is 18.4 Å². The summed E-state index contributed by atoms with van der Waals surface area (Å²) in [5, 5.41) is 10.6. The van der Waals surface area contributed by atoms with Gasteiger partial charge in [0.15, 0.2) is 18.5 Å². The second-order valence-corrected chi connectivity index (χ2v) is 6.94. The topological polar surface area (TPSA) is 118 Å². The first-order valence-corrected chi connectivity index (χ1v) is 9.74. The Balaban J connectivity index is 2.08.